The van der Waals surface area contributed by atoms with Gasteiger partial charge in [0.05, 0.1) is 11.8 Å². The molecule has 9 heteroatoms. The van der Waals surface area contributed by atoms with Crippen LogP contribution in [0.3, 0.4) is 0 Å². The number of H-pyrrole nitrogens is 1. The van der Waals surface area contributed by atoms with Crippen molar-refractivity contribution >= 4 is 16.8 Å². The summed E-state index contributed by atoms with van der Waals surface area (Å²) in [6.45, 7) is 3.06. The molecule has 2 N–H and O–H groups in total. The van der Waals surface area contributed by atoms with Gasteiger partial charge in [0.15, 0.2) is 11.5 Å². The van der Waals surface area contributed by atoms with Gasteiger partial charge in [0.2, 0.25) is 0 Å². The highest BCUT2D eigenvalue weighted by Gasteiger charge is 2.19. The number of aromatic amines is 1. The molecule has 1 atom stereocenters. The van der Waals surface area contributed by atoms with E-state index in [0.29, 0.717) is 24.0 Å². The normalized spacial score (nSPS) is 16.4. The van der Waals surface area contributed by atoms with Crippen molar-refractivity contribution in [2.45, 2.75) is 25.9 Å². The smallest absolute Gasteiger partial charge is 0.274 e. The fourth-order valence-corrected chi connectivity index (χ4v) is 3.76. The van der Waals surface area contributed by atoms with Crippen LogP contribution in [0.4, 0.5) is 0 Å². The van der Waals surface area contributed by atoms with Crippen LogP contribution in [0.5, 0.6) is 0 Å². The first-order valence-corrected chi connectivity index (χ1v) is 9.94. The van der Waals surface area contributed by atoms with Crippen LogP contribution in [-0.4, -0.2) is 50.1 Å². The number of aryl methyl sites for hydroxylation is 2. The van der Waals surface area contributed by atoms with E-state index in [1.807, 2.05) is 31.3 Å². The number of hydrogen-bond donors (Lipinski definition) is 2. The van der Waals surface area contributed by atoms with E-state index in [1.165, 1.54) is 0 Å². The van der Waals surface area contributed by atoms with Crippen LogP contribution in [0.25, 0.3) is 33.7 Å². The molecule has 1 aromatic carbocycles. The molecular weight excluding hydrogens is 384 g/mol. The summed E-state index contributed by atoms with van der Waals surface area (Å²) in [5.74, 6) is 0.852. The van der Waals surface area contributed by atoms with Crippen molar-refractivity contribution in [1.29, 1.82) is 0 Å². The minimum Gasteiger partial charge on any atom is -0.376 e. The molecule has 1 unspecified atom stereocenters. The van der Waals surface area contributed by atoms with E-state index in [2.05, 4.69) is 25.5 Å². The standard InChI is InChI=1S/C21H22N6O3/c1-12-23-21(30-26-12)18-9-14-8-13(5-6-16(14)24-18)19-10-17(25-27(19)2)20(28)22-11-15-4-3-7-29-15/h5-6,8-10,15,24H,3-4,7,11H2,1-2H3,(H,22,28). The van der Waals surface area contributed by atoms with Gasteiger partial charge in [0.1, 0.15) is 5.69 Å². The highest BCUT2D eigenvalue weighted by molar-refractivity contribution is 5.94. The van der Waals surface area contributed by atoms with Gasteiger partial charge >= 0.3 is 0 Å². The van der Waals surface area contributed by atoms with Gasteiger partial charge in [-0.2, -0.15) is 10.1 Å². The molecule has 5 rings (SSSR count). The van der Waals surface area contributed by atoms with E-state index in [9.17, 15) is 4.79 Å². The zero-order valence-corrected chi connectivity index (χ0v) is 16.8. The Morgan fingerprint density at radius 2 is 2.23 bits per heavy atom. The quantitative estimate of drug-likeness (QED) is 0.527. The number of hydrogen-bond acceptors (Lipinski definition) is 6. The summed E-state index contributed by atoms with van der Waals surface area (Å²) >= 11 is 0. The number of carbonyl (C=O) groups is 1. The topological polar surface area (TPSA) is 111 Å². The molecule has 1 aliphatic rings. The number of nitrogens with zero attached hydrogens (tertiary/aromatic N) is 4. The SMILES string of the molecule is Cc1noc(-c2cc3cc(-c4cc(C(=O)NCC5CCCO5)nn4C)ccc3[nH]2)n1. The van der Waals surface area contributed by atoms with Crippen molar-refractivity contribution < 1.29 is 14.1 Å². The largest absolute Gasteiger partial charge is 0.376 e. The van der Waals surface area contributed by atoms with E-state index in [4.69, 9.17) is 9.26 Å². The molecule has 0 radical (unpaired) electrons. The van der Waals surface area contributed by atoms with Gasteiger partial charge in [0.25, 0.3) is 11.8 Å². The third kappa shape index (κ3) is 3.48. The van der Waals surface area contributed by atoms with Crippen LogP contribution >= 0.6 is 0 Å². The Balaban J connectivity index is 1.38. The summed E-state index contributed by atoms with van der Waals surface area (Å²) in [4.78, 5) is 20.1. The van der Waals surface area contributed by atoms with E-state index in [0.717, 1.165) is 47.3 Å². The number of benzene rings is 1. The number of fused-ring (bicyclic) bond motifs is 1. The van der Waals surface area contributed by atoms with Crippen LogP contribution < -0.4 is 5.32 Å². The Bertz CT molecular complexity index is 1210. The Labute approximate surface area is 172 Å². The van der Waals surface area contributed by atoms with Crippen LogP contribution in [0, 0.1) is 6.92 Å². The number of nitrogens with one attached hydrogen (secondary N) is 2. The molecule has 0 bridgehead atoms. The Kier molecular flexibility index (Phi) is 4.59. The molecule has 3 aromatic heterocycles. The maximum Gasteiger partial charge on any atom is 0.274 e. The molecule has 154 valence electrons. The van der Waals surface area contributed by atoms with Gasteiger partial charge in [0, 0.05) is 36.7 Å². The number of carbonyl (C=O) groups excluding carboxylic acids is 1. The van der Waals surface area contributed by atoms with Crippen molar-refractivity contribution in [2.24, 2.45) is 7.05 Å². The lowest BCUT2D eigenvalue weighted by Gasteiger charge is -2.09. The predicted molar refractivity (Wildman–Crippen MR) is 110 cm³/mol. The Hall–Kier alpha value is -3.46. The lowest BCUT2D eigenvalue weighted by atomic mass is 10.1. The van der Waals surface area contributed by atoms with Gasteiger partial charge in [-0.3, -0.25) is 9.48 Å². The van der Waals surface area contributed by atoms with Crippen molar-refractivity contribution in [3.8, 4) is 22.8 Å². The highest BCUT2D eigenvalue weighted by atomic mass is 16.5. The number of amides is 1. The molecule has 1 saturated heterocycles. The Morgan fingerprint density at radius 1 is 1.33 bits per heavy atom. The lowest BCUT2D eigenvalue weighted by Crippen LogP contribution is -2.32. The monoisotopic (exact) mass is 406 g/mol. The summed E-state index contributed by atoms with van der Waals surface area (Å²) < 4.78 is 12.5. The molecule has 0 aliphatic carbocycles. The van der Waals surface area contributed by atoms with Crippen LogP contribution in [0.2, 0.25) is 0 Å². The second-order valence-electron chi connectivity index (χ2n) is 7.52. The second-order valence-corrected chi connectivity index (χ2v) is 7.52. The third-order valence-corrected chi connectivity index (χ3v) is 5.30. The van der Waals surface area contributed by atoms with Gasteiger partial charge in [-0.25, -0.2) is 0 Å². The first-order valence-electron chi connectivity index (χ1n) is 9.94. The Morgan fingerprint density at radius 3 is 3.00 bits per heavy atom. The first kappa shape index (κ1) is 18.6. The minimum atomic E-state index is -0.191. The summed E-state index contributed by atoms with van der Waals surface area (Å²) in [6.07, 6.45) is 2.13. The van der Waals surface area contributed by atoms with Crippen LogP contribution in [0.1, 0.15) is 29.2 Å². The third-order valence-electron chi connectivity index (χ3n) is 5.30. The lowest BCUT2D eigenvalue weighted by molar-refractivity contribution is 0.0853. The molecule has 9 nitrogen and oxygen atoms in total. The van der Waals surface area contributed by atoms with E-state index >= 15 is 0 Å². The molecule has 4 aromatic rings. The molecule has 30 heavy (non-hydrogen) atoms. The van der Waals surface area contributed by atoms with Crippen LogP contribution in [-0.2, 0) is 11.8 Å². The molecule has 1 fully saturated rings. The molecule has 1 aliphatic heterocycles. The summed E-state index contributed by atoms with van der Waals surface area (Å²) in [5, 5.41) is 12.1. The fourth-order valence-electron chi connectivity index (χ4n) is 3.76. The number of aromatic nitrogens is 5. The van der Waals surface area contributed by atoms with Crippen molar-refractivity contribution in [3.05, 3.63) is 41.9 Å². The maximum atomic E-state index is 12.5. The number of rotatable bonds is 5. The van der Waals surface area contributed by atoms with Gasteiger partial charge in [-0.15, -0.1) is 0 Å². The average Bonchev–Trinajstić information content (AvgIpc) is 3.51. The second kappa shape index (κ2) is 7.42. The van der Waals surface area contributed by atoms with Gasteiger partial charge in [-0.1, -0.05) is 11.2 Å². The van der Waals surface area contributed by atoms with Crippen molar-refractivity contribution in [2.75, 3.05) is 13.2 Å². The van der Waals surface area contributed by atoms with E-state index in [1.54, 1.807) is 17.7 Å². The van der Waals surface area contributed by atoms with Crippen molar-refractivity contribution in [3.63, 3.8) is 0 Å². The van der Waals surface area contributed by atoms with Gasteiger partial charge in [-0.05, 0) is 44.0 Å². The maximum absolute atomic E-state index is 12.5. The van der Waals surface area contributed by atoms with Gasteiger partial charge < -0.3 is 19.6 Å². The molecule has 1 amide bonds. The average molecular weight is 406 g/mol. The molecule has 0 spiro atoms. The predicted octanol–water partition coefficient (Wildman–Crippen LogP) is 2.84. The van der Waals surface area contributed by atoms with E-state index < -0.39 is 0 Å². The molecule has 0 saturated carbocycles. The summed E-state index contributed by atoms with van der Waals surface area (Å²) in [6, 6.07) is 9.80. The molecular formula is C21H22N6O3. The van der Waals surface area contributed by atoms with Crippen LogP contribution in [0.15, 0.2) is 34.9 Å². The van der Waals surface area contributed by atoms with Crippen molar-refractivity contribution in [1.82, 2.24) is 30.2 Å². The summed E-state index contributed by atoms with van der Waals surface area (Å²) in [7, 11) is 1.83. The number of ether oxygens (including phenoxy) is 1. The van der Waals surface area contributed by atoms with E-state index in [-0.39, 0.29) is 12.0 Å². The zero-order chi connectivity index (χ0) is 20.7. The zero-order valence-electron chi connectivity index (χ0n) is 16.8. The minimum absolute atomic E-state index is 0.102. The fraction of sp³-hybridized carbons (Fsp3) is 0.333. The molecule has 4 heterocycles. The highest BCUT2D eigenvalue weighted by Crippen LogP contribution is 2.28. The summed E-state index contributed by atoms with van der Waals surface area (Å²) in [5.41, 5.74) is 3.93. The first-order chi connectivity index (χ1) is 14.6.